The molecule has 2 saturated carbocycles. The van der Waals surface area contributed by atoms with Gasteiger partial charge in [0.25, 0.3) is 0 Å². The molecule has 2 atom stereocenters. The van der Waals surface area contributed by atoms with E-state index in [9.17, 15) is 10.1 Å². The van der Waals surface area contributed by atoms with Gasteiger partial charge in [0, 0.05) is 54.3 Å². The van der Waals surface area contributed by atoms with Gasteiger partial charge in [-0.15, -0.1) is 0 Å². The predicted octanol–water partition coefficient (Wildman–Crippen LogP) is 3.93. The topological polar surface area (TPSA) is 89.2 Å². The van der Waals surface area contributed by atoms with Gasteiger partial charge in [0.1, 0.15) is 23.8 Å². The average Bonchev–Trinajstić information content (AvgIpc) is 3.20. The number of pyridine rings is 1. The Kier molecular flexibility index (Phi) is 5.03. The smallest absolute Gasteiger partial charge is 0.228 e. The van der Waals surface area contributed by atoms with E-state index in [1.807, 2.05) is 6.07 Å². The lowest BCUT2D eigenvalue weighted by Gasteiger charge is -2.50. The summed E-state index contributed by atoms with van der Waals surface area (Å²) in [4.78, 5) is 34.2. The normalized spacial score (nSPS) is 26.1. The molecule has 35 heavy (non-hydrogen) atoms. The van der Waals surface area contributed by atoms with Gasteiger partial charge in [-0.1, -0.05) is 19.8 Å². The first-order valence-corrected chi connectivity index (χ1v) is 12.9. The lowest BCUT2D eigenvalue weighted by atomic mass is 9.66. The SMILES string of the molecule is C[C@@H]1CN(c2ncnc3c2C2(CCC2)CN3c2cc(C#N)ccn2)[C@H](C)CN1C(=O)C1(C)CCC1. The first kappa shape index (κ1) is 22.3. The molecule has 6 rings (SSSR count). The predicted molar refractivity (Wildman–Crippen MR) is 133 cm³/mol. The Bertz CT molecular complexity index is 1210. The van der Waals surface area contributed by atoms with Gasteiger partial charge >= 0.3 is 0 Å². The van der Waals surface area contributed by atoms with Crippen LogP contribution in [0.4, 0.5) is 17.5 Å². The van der Waals surface area contributed by atoms with Crippen LogP contribution in [-0.4, -0.2) is 57.5 Å². The third kappa shape index (κ3) is 3.31. The standard InChI is InChI=1S/C27H33N7O/c1-18-15-33(25(35)26(3)7-4-8-26)19(2)14-32(18)23-22-24(31-17-30-23)34(16-27(22)9-5-10-27)21-12-20(13-28)6-11-29-21/h6,11-12,17-19H,4-5,7-10,14-16H2,1-3H3/t18-,19-/m1/s1. The molecule has 4 heterocycles. The van der Waals surface area contributed by atoms with Gasteiger partial charge in [0.05, 0.1) is 11.6 Å². The van der Waals surface area contributed by atoms with Crippen molar-refractivity contribution < 1.29 is 4.79 Å². The van der Waals surface area contributed by atoms with Gasteiger partial charge in [0.2, 0.25) is 5.91 Å². The quantitative estimate of drug-likeness (QED) is 0.670. The Hall–Kier alpha value is -3.21. The van der Waals surface area contributed by atoms with Gasteiger partial charge in [-0.05, 0) is 51.7 Å². The third-order valence-corrected chi connectivity index (χ3v) is 9.01. The van der Waals surface area contributed by atoms with Crippen molar-refractivity contribution >= 4 is 23.4 Å². The van der Waals surface area contributed by atoms with Crippen LogP contribution in [0.25, 0.3) is 0 Å². The van der Waals surface area contributed by atoms with E-state index in [1.165, 1.54) is 12.0 Å². The molecule has 8 heteroatoms. The third-order valence-electron chi connectivity index (χ3n) is 9.01. The molecule has 2 aromatic rings. The second-order valence-electron chi connectivity index (χ2n) is 11.4. The van der Waals surface area contributed by atoms with Crippen molar-refractivity contribution in [3.8, 4) is 6.07 Å². The van der Waals surface area contributed by atoms with Crippen LogP contribution in [0.1, 0.15) is 70.4 Å². The largest absolute Gasteiger partial charge is 0.350 e. The van der Waals surface area contributed by atoms with Crippen LogP contribution < -0.4 is 9.80 Å². The summed E-state index contributed by atoms with van der Waals surface area (Å²) in [6.45, 7) is 8.81. The second-order valence-corrected chi connectivity index (χ2v) is 11.4. The fraction of sp³-hybridized carbons (Fsp3) is 0.593. The van der Waals surface area contributed by atoms with Gasteiger partial charge in [-0.25, -0.2) is 15.0 Å². The Morgan fingerprint density at radius 2 is 1.80 bits per heavy atom. The summed E-state index contributed by atoms with van der Waals surface area (Å²) < 4.78 is 0. The fourth-order valence-corrected chi connectivity index (χ4v) is 6.53. The van der Waals surface area contributed by atoms with Crippen molar-refractivity contribution in [2.24, 2.45) is 5.41 Å². The van der Waals surface area contributed by atoms with E-state index in [4.69, 9.17) is 9.97 Å². The minimum atomic E-state index is -0.173. The summed E-state index contributed by atoms with van der Waals surface area (Å²) >= 11 is 0. The summed E-state index contributed by atoms with van der Waals surface area (Å²) in [5, 5.41) is 9.40. The maximum Gasteiger partial charge on any atom is 0.228 e. The van der Waals surface area contributed by atoms with E-state index in [1.54, 1.807) is 18.6 Å². The number of aromatic nitrogens is 3. The highest BCUT2D eigenvalue weighted by atomic mass is 16.2. The van der Waals surface area contributed by atoms with E-state index >= 15 is 0 Å². The van der Waals surface area contributed by atoms with E-state index < -0.39 is 0 Å². The molecule has 1 saturated heterocycles. The van der Waals surface area contributed by atoms with Gasteiger partial charge < -0.3 is 14.7 Å². The van der Waals surface area contributed by atoms with Gasteiger partial charge in [-0.2, -0.15) is 5.26 Å². The van der Waals surface area contributed by atoms with Crippen LogP contribution in [0.5, 0.6) is 0 Å². The molecule has 2 aromatic heterocycles. The summed E-state index contributed by atoms with van der Waals surface area (Å²) in [7, 11) is 0. The molecule has 8 nitrogen and oxygen atoms in total. The van der Waals surface area contributed by atoms with E-state index in [0.29, 0.717) is 11.5 Å². The van der Waals surface area contributed by atoms with Crippen LogP contribution in [0.15, 0.2) is 24.7 Å². The zero-order chi connectivity index (χ0) is 24.4. The number of rotatable bonds is 3. The minimum absolute atomic E-state index is 0.0194. The molecule has 182 valence electrons. The number of carbonyl (C=O) groups is 1. The maximum absolute atomic E-state index is 13.3. The van der Waals surface area contributed by atoms with E-state index in [2.05, 4.69) is 46.5 Å². The number of fused-ring (bicyclic) bond motifs is 2. The molecule has 0 bridgehead atoms. The molecular weight excluding hydrogens is 438 g/mol. The molecule has 2 aliphatic carbocycles. The van der Waals surface area contributed by atoms with Crippen LogP contribution in [0.3, 0.4) is 0 Å². The van der Waals surface area contributed by atoms with E-state index in [0.717, 1.165) is 69.2 Å². The molecular formula is C27H33N7O. The summed E-state index contributed by atoms with van der Waals surface area (Å²) in [5.41, 5.74) is 1.67. The maximum atomic E-state index is 13.3. The molecule has 3 fully saturated rings. The summed E-state index contributed by atoms with van der Waals surface area (Å²) in [6.07, 6.45) is 9.94. The van der Waals surface area contributed by atoms with Gasteiger partial charge in [-0.3, -0.25) is 4.79 Å². The Labute approximate surface area is 207 Å². The van der Waals surface area contributed by atoms with Crippen molar-refractivity contribution in [1.82, 2.24) is 19.9 Å². The highest BCUT2D eigenvalue weighted by Gasteiger charge is 2.52. The first-order chi connectivity index (χ1) is 16.8. The lowest BCUT2D eigenvalue weighted by molar-refractivity contribution is -0.149. The minimum Gasteiger partial charge on any atom is -0.350 e. The van der Waals surface area contributed by atoms with Crippen LogP contribution in [0, 0.1) is 16.7 Å². The average molecular weight is 472 g/mol. The second kappa shape index (κ2) is 7.91. The number of hydrogen-bond acceptors (Lipinski definition) is 7. The number of anilines is 3. The molecule has 0 aromatic carbocycles. The number of amides is 1. The molecule has 2 aliphatic heterocycles. The number of hydrogen-bond donors (Lipinski definition) is 0. The highest BCUT2D eigenvalue weighted by molar-refractivity contribution is 5.84. The van der Waals surface area contributed by atoms with E-state index in [-0.39, 0.29) is 22.9 Å². The number of carbonyl (C=O) groups excluding carboxylic acids is 1. The Morgan fingerprint density at radius 1 is 1.06 bits per heavy atom. The Morgan fingerprint density at radius 3 is 2.46 bits per heavy atom. The molecule has 0 N–H and O–H groups in total. The number of nitrogens with zero attached hydrogens (tertiary/aromatic N) is 7. The summed E-state index contributed by atoms with van der Waals surface area (Å²) in [5.74, 6) is 3.01. The summed E-state index contributed by atoms with van der Waals surface area (Å²) in [6, 6.07) is 6.11. The van der Waals surface area contributed by atoms with Crippen molar-refractivity contribution in [2.45, 2.75) is 76.8 Å². The van der Waals surface area contributed by atoms with Crippen LogP contribution >= 0.6 is 0 Å². The van der Waals surface area contributed by atoms with Crippen LogP contribution in [0.2, 0.25) is 0 Å². The van der Waals surface area contributed by atoms with Crippen molar-refractivity contribution in [3.05, 3.63) is 35.8 Å². The number of nitriles is 1. The van der Waals surface area contributed by atoms with Crippen molar-refractivity contribution in [3.63, 3.8) is 0 Å². The monoisotopic (exact) mass is 471 g/mol. The van der Waals surface area contributed by atoms with Gasteiger partial charge in [0.15, 0.2) is 0 Å². The van der Waals surface area contributed by atoms with Crippen molar-refractivity contribution in [2.75, 3.05) is 29.4 Å². The molecule has 0 radical (unpaired) electrons. The van der Waals surface area contributed by atoms with Crippen LogP contribution in [-0.2, 0) is 10.2 Å². The molecule has 4 aliphatic rings. The molecule has 1 spiro atoms. The zero-order valence-electron chi connectivity index (χ0n) is 20.9. The molecule has 1 amide bonds. The number of piperazine rings is 1. The molecule has 0 unspecified atom stereocenters. The highest BCUT2D eigenvalue weighted by Crippen LogP contribution is 2.56. The fourth-order valence-electron chi connectivity index (χ4n) is 6.53. The first-order valence-electron chi connectivity index (χ1n) is 12.9. The lowest BCUT2D eigenvalue weighted by Crippen LogP contribution is -2.61. The Balaban J connectivity index is 1.35. The van der Waals surface area contributed by atoms with Crippen molar-refractivity contribution in [1.29, 1.82) is 5.26 Å². The zero-order valence-corrected chi connectivity index (χ0v) is 20.9.